The molecule has 2 aromatic rings. The molecule has 1 fully saturated rings. The predicted octanol–water partition coefficient (Wildman–Crippen LogP) is 2.34. The highest BCUT2D eigenvalue weighted by Gasteiger charge is 2.54. The number of amides is 1. The van der Waals surface area contributed by atoms with Crippen LogP contribution >= 0.6 is 0 Å². The van der Waals surface area contributed by atoms with Crippen molar-refractivity contribution < 1.29 is 4.79 Å². The number of hydrogen-bond donors (Lipinski definition) is 0. The van der Waals surface area contributed by atoms with Crippen molar-refractivity contribution in [1.82, 2.24) is 9.97 Å². The van der Waals surface area contributed by atoms with Gasteiger partial charge < -0.3 is 4.90 Å². The predicted molar refractivity (Wildman–Crippen MR) is 73.2 cm³/mol. The molecular formula is C15H15N3O. The summed E-state index contributed by atoms with van der Waals surface area (Å²) in [4.78, 5) is 23.4. The molecule has 0 radical (unpaired) electrons. The van der Waals surface area contributed by atoms with Crippen molar-refractivity contribution in [1.29, 1.82) is 0 Å². The SMILES string of the molecule is Cc1ccc2ncc3c(c2n1)C1(CCC1)C(=O)N3C. The van der Waals surface area contributed by atoms with E-state index in [0.717, 1.165) is 47.2 Å². The highest BCUT2D eigenvalue weighted by atomic mass is 16.2. The van der Waals surface area contributed by atoms with Gasteiger partial charge in [0.2, 0.25) is 5.91 Å². The summed E-state index contributed by atoms with van der Waals surface area (Å²) < 4.78 is 0. The van der Waals surface area contributed by atoms with E-state index in [1.54, 1.807) is 4.90 Å². The number of hydrogen-bond acceptors (Lipinski definition) is 3. The number of carbonyl (C=O) groups is 1. The first-order valence-electron chi connectivity index (χ1n) is 6.68. The lowest BCUT2D eigenvalue weighted by Gasteiger charge is -2.36. The molecule has 1 aliphatic carbocycles. The largest absolute Gasteiger partial charge is 0.313 e. The molecule has 1 saturated carbocycles. The quantitative estimate of drug-likeness (QED) is 0.724. The van der Waals surface area contributed by atoms with E-state index in [0.29, 0.717) is 0 Å². The minimum Gasteiger partial charge on any atom is -0.313 e. The molecule has 0 aromatic carbocycles. The standard InChI is InChI=1S/C15H15N3O/c1-9-4-5-10-13(17-9)12-11(8-16-10)18(2)14(19)15(12)6-3-7-15/h4-5,8H,3,6-7H2,1-2H3. The molecule has 96 valence electrons. The van der Waals surface area contributed by atoms with Crippen LogP contribution in [0.5, 0.6) is 0 Å². The lowest BCUT2D eigenvalue weighted by molar-refractivity contribution is -0.125. The number of aryl methyl sites for hydroxylation is 1. The number of nitrogens with zero attached hydrogens (tertiary/aromatic N) is 3. The van der Waals surface area contributed by atoms with Crippen LogP contribution in [0.15, 0.2) is 18.3 Å². The first kappa shape index (κ1) is 10.9. The molecule has 1 spiro atoms. The second-order valence-corrected chi connectivity index (χ2v) is 5.64. The molecule has 19 heavy (non-hydrogen) atoms. The number of anilines is 1. The second-order valence-electron chi connectivity index (χ2n) is 5.64. The van der Waals surface area contributed by atoms with Crippen LogP contribution in [-0.4, -0.2) is 22.9 Å². The van der Waals surface area contributed by atoms with E-state index in [1.807, 2.05) is 32.3 Å². The monoisotopic (exact) mass is 253 g/mol. The van der Waals surface area contributed by atoms with Crippen molar-refractivity contribution in [3.05, 3.63) is 29.6 Å². The van der Waals surface area contributed by atoms with Crippen molar-refractivity contribution in [2.75, 3.05) is 11.9 Å². The Kier molecular flexibility index (Phi) is 1.91. The molecule has 0 N–H and O–H groups in total. The van der Waals surface area contributed by atoms with Gasteiger partial charge in [0, 0.05) is 18.3 Å². The van der Waals surface area contributed by atoms with E-state index < -0.39 is 0 Å². The molecule has 0 saturated heterocycles. The smallest absolute Gasteiger partial charge is 0.237 e. The fourth-order valence-electron chi connectivity index (χ4n) is 3.41. The van der Waals surface area contributed by atoms with Crippen molar-refractivity contribution in [3.8, 4) is 0 Å². The zero-order valence-corrected chi connectivity index (χ0v) is 11.1. The average molecular weight is 253 g/mol. The third-order valence-electron chi connectivity index (χ3n) is 4.59. The molecule has 4 nitrogen and oxygen atoms in total. The van der Waals surface area contributed by atoms with Crippen molar-refractivity contribution in [2.24, 2.45) is 0 Å². The van der Waals surface area contributed by atoms with E-state index in [4.69, 9.17) is 0 Å². The topological polar surface area (TPSA) is 46.1 Å². The minimum absolute atomic E-state index is 0.214. The summed E-state index contributed by atoms with van der Waals surface area (Å²) in [5, 5.41) is 0. The van der Waals surface area contributed by atoms with E-state index in [1.165, 1.54) is 0 Å². The zero-order valence-electron chi connectivity index (χ0n) is 11.1. The van der Waals surface area contributed by atoms with Gasteiger partial charge in [-0.2, -0.15) is 0 Å². The van der Waals surface area contributed by atoms with Gasteiger partial charge >= 0.3 is 0 Å². The molecule has 4 heteroatoms. The zero-order chi connectivity index (χ0) is 13.2. The first-order chi connectivity index (χ1) is 9.13. The Hall–Kier alpha value is -1.97. The van der Waals surface area contributed by atoms with Crippen molar-refractivity contribution >= 4 is 22.6 Å². The number of pyridine rings is 2. The summed E-state index contributed by atoms with van der Waals surface area (Å²) in [6.45, 7) is 1.98. The van der Waals surface area contributed by atoms with Gasteiger partial charge in [-0.3, -0.25) is 14.8 Å². The molecule has 2 aliphatic rings. The van der Waals surface area contributed by atoms with Gasteiger partial charge in [-0.1, -0.05) is 6.42 Å². The fourth-order valence-corrected chi connectivity index (χ4v) is 3.41. The molecule has 4 rings (SSSR count). The first-order valence-corrected chi connectivity index (χ1v) is 6.68. The summed E-state index contributed by atoms with van der Waals surface area (Å²) in [5.74, 6) is 0.214. The normalized spacial score (nSPS) is 19.9. The van der Waals surface area contributed by atoms with Crippen LogP contribution in [0.2, 0.25) is 0 Å². The third kappa shape index (κ3) is 1.17. The van der Waals surface area contributed by atoms with Crippen LogP contribution < -0.4 is 4.90 Å². The Morgan fingerprint density at radius 3 is 2.79 bits per heavy atom. The van der Waals surface area contributed by atoms with Crippen LogP contribution in [0.4, 0.5) is 5.69 Å². The fraction of sp³-hybridized carbons (Fsp3) is 0.400. The van der Waals surface area contributed by atoms with Crippen molar-refractivity contribution in [3.63, 3.8) is 0 Å². The van der Waals surface area contributed by atoms with Gasteiger partial charge in [0.05, 0.1) is 28.3 Å². The average Bonchev–Trinajstić information content (AvgIpc) is 2.59. The Morgan fingerprint density at radius 1 is 1.32 bits per heavy atom. The van der Waals surface area contributed by atoms with Gasteiger partial charge in [-0.05, 0) is 31.9 Å². The van der Waals surface area contributed by atoms with Crippen LogP contribution in [0.3, 0.4) is 0 Å². The van der Waals surface area contributed by atoms with Crippen molar-refractivity contribution in [2.45, 2.75) is 31.6 Å². The maximum Gasteiger partial charge on any atom is 0.237 e. The summed E-state index contributed by atoms with van der Waals surface area (Å²) >= 11 is 0. The summed E-state index contributed by atoms with van der Waals surface area (Å²) in [5.41, 5.74) is 4.51. The lowest BCUT2D eigenvalue weighted by atomic mass is 9.65. The van der Waals surface area contributed by atoms with E-state index in [9.17, 15) is 4.79 Å². The molecule has 0 bridgehead atoms. The summed E-state index contributed by atoms with van der Waals surface area (Å²) in [7, 11) is 1.84. The number of fused-ring (bicyclic) bond motifs is 4. The molecule has 0 atom stereocenters. The Labute approximate surface area is 111 Å². The van der Waals surface area contributed by atoms with Gasteiger partial charge in [0.1, 0.15) is 0 Å². The summed E-state index contributed by atoms with van der Waals surface area (Å²) in [6.07, 6.45) is 4.82. The highest BCUT2D eigenvalue weighted by molar-refractivity contribution is 6.12. The third-order valence-corrected chi connectivity index (χ3v) is 4.59. The number of carbonyl (C=O) groups excluding carboxylic acids is 1. The van der Waals surface area contributed by atoms with E-state index in [-0.39, 0.29) is 11.3 Å². The number of aromatic nitrogens is 2. The highest BCUT2D eigenvalue weighted by Crippen LogP contribution is 2.54. The molecule has 1 aliphatic heterocycles. The van der Waals surface area contributed by atoms with Crippen LogP contribution in [0, 0.1) is 6.92 Å². The van der Waals surface area contributed by atoms with Gasteiger partial charge in [0.15, 0.2) is 0 Å². The molecular weight excluding hydrogens is 238 g/mol. The molecule has 1 amide bonds. The number of likely N-dealkylation sites (N-methyl/N-ethyl adjacent to an activating group) is 1. The minimum atomic E-state index is -0.313. The molecule has 3 heterocycles. The lowest BCUT2D eigenvalue weighted by Crippen LogP contribution is -2.44. The second kappa shape index (κ2) is 3.32. The van der Waals surface area contributed by atoms with E-state index >= 15 is 0 Å². The van der Waals surface area contributed by atoms with Crippen LogP contribution in [0.25, 0.3) is 11.0 Å². The summed E-state index contributed by atoms with van der Waals surface area (Å²) in [6, 6.07) is 3.96. The molecule has 0 unspecified atom stereocenters. The molecule has 2 aromatic heterocycles. The van der Waals surface area contributed by atoms with Crippen LogP contribution in [0.1, 0.15) is 30.5 Å². The Morgan fingerprint density at radius 2 is 2.11 bits per heavy atom. The van der Waals surface area contributed by atoms with E-state index in [2.05, 4.69) is 9.97 Å². The Bertz CT molecular complexity index is 719. The van der Waals surface area contributed by atoms with Crippen LogP contribution in [-0.2, 0) is 10.2 Å². The Balaban J connectivity index is 2.12. The maximum absolute atomic E-state index is 12.6. The number of rotatable bonds is 0. The van der Waals surface area contributed by atoms with Gasteiger partial charge in [-0.25, -0.2) is 0 Å². The van der Waals surface area contributed by atoms with Gasteiger partial charge in [0.25, 0.3) is 0 Å². The van der Waals surface area contributed by atoms with Gasteiger partial charge in [-0.15, -0.1) is 0 Å². The maximum atomic E-state index is 12.6.